The Morgan fingerprint density at radius 3 is 3.14 bits per heavy atom. The van der Waals surface area contributed by atoms with Gasteiger partial charge in [0, 0.05) is 34.1 Å². The van der Waals surface area contributed by atoms with Gasteiger partial charge in [-0.25, -0.2) is 9.97 Å². The van der Waals surface area contributed by atoms with Gasteiger partial charge in [-0.1, -0.05) is 11.6 Å². The van der Waals surface area contributed by atoms with E-state index in [4.69, 9.17) is 11.6 Å². The monoisotopic (exact) mass is 311 g/mol. The number of benzene rings is 1. The van der Waals surface area contributed by atoms with Crippen LogP contribution in [0.1, 0.15) is 30.1 Å². The summed E-state index contributed by atoms with van der Waals surface area (Å²) in [5.41, 5.74) is 3.52. The zero-order valence-electron chi connectivity index (χ0n) is 11.8. The van der Waals surface area contributed by atoms with Crippen LogP contribution in [0, 0.1) is 0 Å². The third-order valence-corrected chi connectivity index (χ3v) is 5.11. The third kappa shape index (κ3) is 1.63. The highest BCUT2D eigenvalue weighted by atomic mass is 35.5. The van der Waals surface area contributed by atoms with E-state index in [1.807, 2.05) is 24.4 Å². The number of anilines is 1. The summed E-state index contributed by atoms with van der Waals surface area (Å²) in [5.74, 6) is 0.992. The van der Waals surface area contributed by atoms with Gasteiger partial charge >= 0.3 is 0 Å². The maximum absolute atomic E-state index is 6.19. The normalized spacial score (nSPS) is 23.0. The average Bonchev–Trinajstić information content (AvgIpc) is 3.12. The average molecular weight is 312 g/mol. The van der Waals surface area contributed by atoms with Crippen LogP contribution < -0.4 is 4.90 Å². The SMILES string of the molecule is Clc1ccc2ncnc(N3C4CCC3c3cn[nH]c3C4)c2c1. The summed E-state index contributed by atoms with van der Waals surface area (Å²) in [5, 5.41) is 9.11. The summed E-state index contributed by atoms with van der Waals surface area (Å²) in [4.78, 5) is 11.4. The molecule has 2 unspecified atom stereocenters. The van der Waals surface area contributed by atoms with Gasteiger partial charge in [0.2, 0.25) is 0 Å². The smallest absolute Gasteiger partial charge is 0.140 e. The molecular weight excluding hydrogens is 298 g/mol. The molecule has 5 nitrogen and oxygen atoms in total. The first-order valence-electron chi connectivity index (χ1n) is 7.52. The van der Waals surface area contributed by atoms with Crippen molar-refractivity contribution in [3.8, 4) is 0 Å². The highest BCUT2D eigenvalue weighted by Gasteiger charge is 2.42. The van der Waals surface area contributed by atoms with Crippen molar-refractivity contribution in [2.45, 2.75) is 31.3 Å². The fourth-order valence-corrected chi connectivity index (χ4v) is 4.11. The molecule has 0 radical (unpaired) electrons. The summed E-state index contributed by atoms with van der Waals surface area (Å²) in [6, 6.07) is 6.62. The summed E-state index contributed by atoms with van der Waals surface area (Å²) >= 11 is 6.19. The van der Waals surface area contributed by atoms with Crippen LogP contribution in [0.4, 0.5) is 5.82 Å². The summed E-state index contributed by atoms with van der Waals surface area (Å²) < 4.78 is 0. The minimum atomic E-state index is 0.351. The zero-order valence-corrected chi connectivity index (χ0v) is 12.6. The molecule has 22 heavy (non-hydrogen) atoms. The minimum absolute atomic E-state index is 0.351. The molecular formula is C16H14ClN5. The van der Waals surface area contributed by atoms with E-state index in [1.165, 1.54) is 17.7 Å². The molecule has 3 aromatic rings. The molecule has 4 heterocycles. The molecule has 110 valence electrons. The van der Waals surface area contributed by atoms with E-state index >= 15 is 0 Å². The Morgan fingerprint density at radius 2 is 2.18 bits per heavy atom. The zero-order chi connectivity index (χ0) is 14.7. The maximum Gasteiger partial charge on any atom is 0.140 e. The molecule has 0 aliphatic carbocycles. The van der Waals surface area contributed by atoms with Crippen LogP contribution in [0.2, 0.25) is 5.02 Å². The van der Waals surface area contributed by atoms with E-state index in [1.54, 1.807) is 6.33 Å². The van der Waals surface area contributed by atoms with Gasteiger partial charge in [-0.2, -0.15) is 5.10 Å². The van der Waals surface area contributed by atoms with E-state index in [2.05, 4.69) is 25.1 Å². The van der Waals surface area contributed by atoms with Gasteiger partial charge in [0.1, 0.15) is 12.1 Å². The predicted molar refractivity (Wildman–Crippen MR) is 85.1 cm³/mol. The highest BCUT2D eigenvalue weighted by molar-refractivity contribution is 6.31. The quantitative estimate of drug-likeness (QED) is 0.749. The number of nitrogens with zero attached hydrogens (tertiary/aromatic N) is 4. The lowest BCUT2D eigenvalue weighted by molar-refractivity contribution is 0.588. The number of hydrogen-bond donors (Lipinski definition) is 1. The number of fused-ring (bicyclic) bond motifs is 5. The molecule has 0 saturated carbocycles. The second-order valence-corrected chi connectivity index (χ2v) is 6.46. The van der Waals surface area contributed by atoms with Crippen molar-refractivity contribution in [1.82, 2.24) is 20.2 Å². The Balaban J connectivity index is 1.71. The van der Waals surface area contributed by atoms with E-state index in [9.17, 15) is 0 Å². The van der Waals surface area contributed by atoms with E-state index in [0.29, 0.717) is 12.1 Å². The number of aromatic amines is 1. The molecule has 2 aliphatic rings. The lowest BCUT2D eigenvalue weighted by Gasteiger charge is -2.35. The number of H-pyrrole nitrogens is 1. The summed E-state index contributed by atoms with van der Waals surface area (Å²) in [7, 11) is 0. The van der Waals surface area contributed by atoms with Crippen molar-refractivity contribution in [2.24, 2.45) is 0 Å². The van der Waals surface area contributed by atoms with Gasteiger partial charge in [-0.3, -0.25) is 5.10 Å². The minimum Gasteiger partial charge on any atom is -0.345 e. The van der Waals surface area contributed by atoms with Crippen LogP contribution in [0.15, 0.2) is 30.7 Å². The van der Waals surface area contributed by atoms with Gasteiger partial charge < -0.3 is 4.90 Å². The summed E-state index contributed by atoms with van der Waals surface area (Å²) in [6.07, 6.45) is 6.93. The van der Waals surface area contributed by atoms with Crippen molar-refractivity contribution < 1.29 is 0 Å². The Hall–Kier alpha value is -2.14. The lowest BCUT2D eigenvalue weighted by atomic mass is 10.00. The molecule has 6 heteroatoms. The number of rotatable bonds is 1. The molecule has 2 bridgehead atoms. The maximum atomic E-state index is 6.19. The number of nitrogens with one attached hydrogen (secondary N) is 1. The molecule has 1 saturated heterocycles. The molecule has 0 amide bonds. The van der Waals surface area contributed by atoms with Crippen LogP contribution in [-0.4, -0.2) is 26.2 Å². The van der Waals surface area contributed by atoms with Crippen molar-refractivity contribution in [3.05, 3.63) is 47.0 Å². The van der Waals surface area contributed by atoms with Crippen molar-refractivity contribution in [1.29, 1.82) is 0 Å². The number of aromatic nitrogens is 4. The highest BCUT2D eigenvalue weighted by Crippen LogP contribution is 2.46. The van der Waals surface area contributed by atoms with Gasteiger partial charge in [0.15, 0.2) is 0 Å². The van der Waals surface area contributed by atoms with Gasteiger partial charge in [0.05, 0.1) is 17.8 Å². The van der Waals surface area contributed by atoms with Crippen molar-refractivity contribution in [2.75, 3.05) is 4.90 Å². The Labute approximate surface area is 132 Å². The largest absolute Gasteiger partial charge is 0.345 e. The first-order chi connectivity index (χ1) is 10.8. The van der Waals surface area contributed by atoms with Crippen LogP contribution in [0.5, 0.6) is 0 Å². The first-order valence-corrected chi connectivity index (χ1v) is 7.90. The molecule has 1 aromatic carbocycles. The summed E-state index contributed by atoms with van der Waals surface area (Å²) in [6.45, 7) is 0. The predicted octanol–water partition coefficient (Wildman–Crippen LogP) is 3.27. The molecule has 0 spiro atoms. The first kappa shape index (κ1) is 12.4. The van der Waals surface area contributed by atoms with E-state index in [0.717, 1.165) is 34.6 Å². The number of hydrogen-bond acceptors (Lipinski definition) is 4. The third-order valence-electron chi connectivity index (χ3n) is 4.87. The van der Waals surface area contributed by atoms with Gasteiger partial charge in [-0.05, 0) is 31.0 Å². The molecule has 5 rings (SSSR count). The van der Waals surface area contributed by atoms with E-state index < -0.39 is 0 Å². The molecule has 1 N–H and O–H groups in total. The second kappa shape index (κ2) is 4.43. The standard InChI is InChI=1S/C16H14ClN5/c17-9-1-3-13-11(5-9)16(19-8-18-13)22-10-2-4-15(22)12-7-20-21-14(12)6-10/h1,3,5,7-8,10,15H,2,4,6H2,(H,20,21). The van der Waals surface area contributed by atoms with Gasteiger partial charge in [0.25, 0.3) is 0 Å². The molecule has 1 fully saturated rings. The van der Waals surface area contributed by atoms with Gasteiger partial charge in [-0.15, -0.1) is 0 Å². The van der Waals surface area contributed by atoms with Crippen LogP contribution in [0.25, 0.3) is 10.9 Å². The second-order valence-electron chi connectivity index (χ2n) is 6.02. The van der Waals surface area contributed by atoms with E-state index in [-0.39, 0.29) is 0 Å². The fourth-order valence-electron chi connectivity index (χ4n) is 3.94. The number of halogens is 1. The van der Waals surface area contributed by atoms with Crippen molar-refractivity contribution in [3.63, 3.8) is 0 Å². The van der Waals surface area contributed by atoms with Crippen LogP contribution in [-0.2, 0) is 6.42 Å². The topological polar surface area (TPSA) is 57.7 Å². The molecule has 2 aliphatic heterocycles. The Bertz CT molecular complexity index is 874. The molecule has 2 atom stereocenters. The van der Waals surface area contributed by atoms with Crippen LogP contribution >= 0.6 is 11.6 Å². The fraction of sp³-hybridized carbons (Fsp3) is 0.312. The Morgan fingerprint density at radius 1 is 1.23 bits per heavy atom. The van der Waals surface area contributed by atoms with Crippen molar-refractivity contribution >= 4 is 28.3 Å². The van der Waals surface area contributed by atoms with Crippen LogP contribution in [0.3, 0.4) is 0 Å². The lowest BCUT2D eigenvalue weighted by Crippen LogP contribution is -2.38. The Kier molecular flexibility index (Phi) is 2.50. The molecule has 2 aromatic heterocycles.